The van der Waals surface area contributed by atoms with Crippen LogP contribution in [0.25, 0.3) is 0 Å². The van der Waals surface area contributed by atoms with Gasteiger partial charge < -0.3 is 4.74 Å². The number of hydrogen-bond acceptors (Lipinski definition) is 4. The Morgan fingerprint density at radius 1 is 1.53 bits per heavy atom. The largest absolute Gasteiger partial charge is 0.465 e. The number of rotatable bonds is 2. The fourth-order valence-corrected chi connectivity index (χ4v) is 1.68. The topological polar surface area (TPSA) is 69.4 Å². The first-order valence-electron chi connectivity index (χ1n) is 4.00. The van der Waals surface area contributed by atoms with E-state index in [1.807, 2.05) is 0 Å². The highest BCUT2D eigenvalue weighted by Gasteiger charge is 2.21. The highest BCUT2D eigenvalue weighted by Crippen LogP contribution is 2.30. The van der Waals surface area contributed by atoms with Crippen molar-refractivity contribution in [2.75, 3.05) is 7.11 Å². The number of benzene rings is 1. The maximum Gasteiger partial charge on any atom is 0.339 e. The molecule has 6 heteroatoms. The normalized spacial score (nSPS) is 9.80. The van der Waals surface area contributed by atoms with Gasteiger partial charge in [0.1, 0.15) is 4.47 Å². The van der Waals surface area contributed by atoms with Gasteiger partial charge in [-0.3, -0.25) is 10.1 Å². The van der Waals surface area contributed by atoms with Crippen molar-refractivity contribution in [2.45, 2.75) is 6.92 Å². The van der Waals surface area contributed by atoms with Gasteiger partial charge in [0.05, 0.1) is 17.6 Å². The Morgan fingerprint density at radius 3 is 2.60 bits per heavy atom. The Kier molecular flexibility index (Phi) is 3.41. The number of nitrogens with zero attached hydrogens (tertiary/aromatic N) is 1. The highest BCUT2D eigenvalue weighted by molar-refractivity contribution is 9.10. The van der Waals surface area contributed by atoms with Gasteiger partial charge in [-0.1, -0.05) is 0 Å². The summed E-state index contributed by atoms with van der Waals surface area (Å²) in [7, 11) is 1.23. The highest BCUT2D eigenvalue weighted by atomic mass is 79.9. The lowest BCUT2D eigenvalue weighted by atomic mass is 10.1. The number of methoxy groups -OCH3 is 1. The van der Waals surface area contributed by atoms with E-state index in [1.54, 1.807) is 6.92 Å². The fraction of sp³-hybridized carbons (Fsp3) is 0.222. The van der Waals surface area contributed by atoms with Crippen LogP contribution in [0.15, 0.2) is 16.6 Å². The molecule has 1 rings (SSSR count). The molecule has 0 aliphatic carbocycles. The first-order chi connectivity index (χ1) is 6.97. The lowest BCUT2D eigenvalue weighted by molar-refractivity contribution is -0.385. The minimum Gasteiger partial charge on any atom is -0.465 e. The summed E-state index contributed by atoms with van der Waals surface area (Å²) in [5, 5.41) is 10.7. The Labute approximate surface area is 94.3 Å². The van der Waals surface area contributed by atoms with Crippen LogP contribution in [0, 0.1) is 17.0 Å². The molecule has 1 aromatic rings. The smallest absolute Gasteiger partial charge is 0.339 e. The van der Waals surface area contributed by atoms with E-state index in [-0.39, 0.29) is 15.7 Å². The van der Waals surface area contributed by atoms with Crippen LogP contribution < -0.4 is 0 Å². The Hall–Kier alpha value is -1.43. The van der Waals surface area contributed by atoms with Gasteiger partial charge in [0.2, 0.25) is 0 Å². The number of halogens is 1. The second kappa shape index (κ2) is 4.39. The van der Waals surface area contributed by atoms with Crippen molar-refractivity contribution in [1.82, 2.24) is 0 Å². The van der Waals surface area contributed by atoms with E-state index in [2.05, 4.69) is 20.7 Å². The van der Waals surface area contributed by atoms with Crippen LogP contribution in [0.2, 0.25) is 0 Å². The van der Waals surface area contributed by atoms with Gasteiger partial charge in [0.15, 0.2) is 0 Å². The van der Waals surface area contributed by atoms with Crippen LogP contribution in [0.5, 0.6) is 0 Å². The molecule has 1 aromatic carbocycles. The van der Waals surface area contributed by atoms with Gasteiger partial charge in [-0.15, -0.1) is 0 Å². The Bertz CT molecular complexity index is 430. The molecule has 0 bridgehead atoms. The van der Waals surface area contributed by atoms with Crippen LogP contribution in [-0.4, -0.2) is 18.0 Å². The third kappa shape index (κ3) is 2.33. The van der Waals surface area contributed by atoms with Crippen LogP contribution in [-0.2, 0) is 4.74 Å². The van der Waals surface area contributed by atoms with E-state index in [0.29, 0.717) is 5.56 Å². The van der Waals surface area contributed by atoms with Crippen LogP contribution in [0.4, 0.5) is 5.69 Å². The molecule has 0 amide bonds. The first kappa shape index (κ1) is 11.6. The summed E-state index contributed by atoms with van der Waals surface area (Å²) in [6.45, 7) is 1.67. The van der Waals surface area contributed by atoms with Crippen molar-refractivity contribution in [1.29, 1.82) is 0 Å². The SMILES string of the molecule is COC(=O)c1cc(C)cc([N+](=O)[O-])c1Br. The maximum absolute atomic E-state index is 11.3. The minimum atomic E-state index is -0.603. The molecular formula is C9H8BrNO4. The summed E-state index contributed by atoms with van der Waals surface area (Å²) in [5.74, 6) is -0.603. The van der Waals surface area contributed by atoms with Crippen LogP contribution in [0.3, 0.4) is 0 Å². The van der Waals surface area contributed by atoms with E-state index in [0.717, 1.165) is 0 Å². The van der Waals surface area contributed by atoms with Crippen molar-refractivity contribution in [3.8, 4) is 0 Å². The summed E-state index contributed by atoms with van der Waals surface area (Å²) in [6.07, 6.45) is 0. The van der Waals surface area contributed by atoms with Crippen LogP contribution in [0.1, 0.15) is 15.9 Å². The molecule has 0 spiro atoms. The number of carbonyl (C=O) groups is 1. The number of carbonyl (C=O) groups excluding carboxylic acids is 1. The minimum absolute atomic E-state index is 0.143. The molecule has 5 nitrogen and oxygen atoms in total. The number of hydrogen-bond donors (Lipinski definition) is 0. The summed E-state index contributed by atoms with van der Waals surface area (Å²) in [5.41, 5.74) is 0.643. The van der Waals surface area contributed by atoms with Crippen molar-refractivity contribution in [3.63, 3.8) is 0 Å². The molecule has 80 valence electrons. The molecule has 0 radical (unpaired) electrons. The zero-order valence-corrected chi connectivity index (χ0v) is 9.70. The number of nitro groups is 1. The third-order valence-corrected chi connectivity index (χ3v) is 2.63. The predicted octanol–water partition coefficient (Wildman–Crippen LogP) is 2.45. The van der Waals surface area contributed by atoms with Gasteiger partial charge >= 0.3 is 5.97 Å². The molecular weight excluding hydrogens is 266 g/mol. The maximum atomic E-state index is 11.3. The van der Waals surface area contributed by atoms with Crippen molar-refractivity contribution in [2.24, 2.45) is 0 Å². The van der Waals surface area contributed by atoms with E-state index in [9.17, 15) is 14.9 Å². The molecule has 0 heterocycles. The number of esters is 1. The Balaban J connectivity index is 3.41. The van der Waals surface area contributed by atoms with Crippen LogP contribution >= 0.6 is 15.9 Å². The molecule has 0 fully saturated rings. The zero-order valence-electron chi connectivity index (χ0n) is 8.11. The van der Waals surface area contributed by atoms with Gasteiger partial charge in [0.25, 0.3) is 5.69 Å². The van der Waals surface area contributed by atoms with Gasteiger partial charge in [0, 0.05) is 6.07 Å². The molecule has 0 saturated carbocycles. The lowest BCUT2D eigenvalue weighted by Crippen LogP contribution is -2.04. The number of ether oxygens (including phenoxy) is 1. The number of nitro benzene ring substituents is 1. The van der Waals surface area contributed by atoms with E-state index in [1.165, 1.54) is 19.2 Å². The Morgan fingerprint density at radius 2 is 2.13 bits per heavy atom. The van der Waals surface area contributed by atoms with E-state index in [4.69, 9.17) is 0 Å². The second-order valence-corrected chi connectivity index (χ2v) is 3.69. The summed E-state index contributed by atoms with van der Waals surface area (Å²) >= 11 is 3.01. The molecule has 0 aliphatic rings. The number of aryl methyl sites for hydroxylation is 1. The summed E-state index contributed by atoms with van der Waals surface area (Å²) in [6, 6.07) is 2.92. The van der Waals surface area contributed by atoms with Gasteiger partial charge in [-0.25, -0.2) is 4.79 Å². The molecule has 0 N–H and O–H groups in total. The third-order valence-electron chi connectivity index (χ3n) is 1.80. The van der Waals surface area contributed by atoms with E-state index < -0.39 is 10.9 Å². The quantitative estimate of drug-likeness (QED) is 0.472. The molecule has 0 atom stereocenters. The molecule has 0 aliphatic heterocycles. The van der Waals surface area contributed by atoms with Crippen molar-refractivity contribution in [3.05, 3.63) is 37.8 Å². The first-order valence-corrected chi connectivity index (χ1v) is 4.79. The molecule has 0 saturated heterocycles. The standard InChI is InChI=1S/C9H8BrNO4/c1-5-3-6(9(12)15-2)8(10)7(4-5)11(13)14/h3-4H,1-2H3. The van der Waals surface area contributed by atoms with Crippen molar-refractivity contribution < 1.29 is 14.5 Å². The molecule has 0 unspecified atom stereocenters. The van der Waals surface area contributed by atoms with Gasteiger partial charge in [-0.05, 0) is 34.5 Å². The lowest BCUT2D eigenvalue weighted by Gasteiger charge is -2.04. The molecule has 0 aromatic heterocycles. The summed E-state index contributed by atoms with van der Waals surface area (Å²) in [4.78, 5) is 21.4. The monoisotopic (exact) mass is 273 g/mol. The molecule has 15 heavy (non-hydrogen) atoms. The second-order valence-electron chi connectivity index (χ2n) is 2.89. The van der Waals surface area contributed by atoms with Gasteiger partial charge in [-0.2, -0.15) is 0 Å². The summed E-state index contributed by atoms with van der Waals surface area (Å²) < 4.78 is 4.66. The average Bonchev–Trinajstić information content (AvgIpc) is 2.19. The predicted molar refractivity (Wildman–Crippen MR) is 56.9 cm³/mol. The van der Waals surface area contributed by atoms with E-state index >= 15 is 0 Å². The zero-order chi connectivity index (χ0) is 11.6. The average molecular weight is 274 g/mol. The fourth-order valence-electron chi connectivity index (χ4n) is 1.14. The van der Waals surface area contributed by atoms with Crippen molar-refractivity contribution >= 4 is 27.6 Å².